The molecule has 0 unspecified atom stereocenters. The summed E-state index contributed by atoms with van der Waals surface area (Å²) in [6.45, 7) is 1.93. The molecule has 4 aromatic rings. The van der Waals surface area contributed by atoms with Gasteiger partial charge < -0.3 is 0 Å². The minimum absolute atomic E-state index is 0.167. The van der Waals surface area contributed by atoms with Crippen LogP contribution < -0.4 is 5.14 Å². The number of primary sulfonamides is 1. The second-order valence-corrected chi connectivity index (χ2v) is 7.83. The Morgan fingerprint density at radius 2 is 1.92 bits per heavy atom. The standard InChI is InChI=1S/C14H12N6O2S2/c1-9-11(7-17-19(9)10-5-3-2-4-6-10)12-8-16-13-20(12)18-14(23-13)24(15,21)22/h2-8H,1H3,(H2,15,21,22). The average molecular weight is 360 g/mol. The van der Waals surface area contributed by atoms with Gasteiger partial charge in [0.15, 0.2) is 0 Å². The first-order valence-electron chi connectivity index (χ1n) is 6.93. The van der Waals surface area contributed by atoms with Crippen molar-refractivity contribution >= 4 is 26.3 Å². The molecule has 0 aliphatic heterocycles. The van der Waals surface area contributed by atoms with Gasteiger partial charge in [0.1, 0.15) is 0 Å². The predicted molar refractivity (Wildman–Crippen MR) is 89.5 cm³/mol. The molecular weight excluding hydrogens is 348 g/mol. The van der Waals surface area contributed by atoms with E-state index in [1.807, 2.05) is 41.9 Å². The lowest BCUT2D eigenvalue weighted by molar-refractivity contribution is 0.595. The largest absolute Gasteiger partial charge is 0.267 e. The monoisotopic (exact) mass is 360 g/mol. The molecule has 10 heteroatoms. The van der Waals surface area contributed by atoms with Gasteiger partial charge in [0, 0.05) is 5.56 Å². The van der Waals surface area contributed by atoms with Crippen LogP contribution in [0.15, 0.2) is 47.1 Å². The second kappa shape index (κ2) is 5.23. The van der Waals surface area contributed by atoms with Gasteiger partial charge in [-0.25, -0.2) is 27.7 Å². The summed E-state index contributed by atoms with van der Waals surface area (Å²) in [4.78, 5) is 4.67. The van der Waals surface area contributed by atoms with Crippen molar-refractivity contribution < 1.29 is 8.42 Å². The first-order valence-corrected chi connectivity index (χ1v) is 9.29. The highest BCUT2D eigenvalue weighted by molar-refractivity contribution is 7.91. The molecule has 0 saturated carbocycles. The topological polar surface area (TPSA) is 108 Å². The van der Waals surface area contributed by atoms with Crippen LogP contribution in [-0.2, 0) is 10.0 Å². The fourth-order valence-electron chi connectivity index (χ4n) is 2.46. The minimum atomic E-state index is -3.86. The molecule has 0 bridgehead atoms. The van der Waals surface area contributed by atoms with Crippen LogP contribution in [0.1, 0.15) is 5.69 Å². The van der Waals surface area contributed by atoms with Crippen LogP contribution in [0.25, 0.3) is 21.9 Å². The molecule has 0 saturated heterocycles. The van der Waals surface area contributed by atoms with Crippen molar-refractivity contribution in [3.8, 4) is 16.9 Å². The maximum Gasteiger partial charge on any atom is 0.267 e. The first-order chi connectivity index (χ1) is 11.4. The van der Waals surface area contributed by atoms with E-state index in [2.05, 4.69) is 15.2 Å². The van der Waals surface area contributed by atoms with E-state index < -0.39 is 10.0 Å². The van der Waals surface area contributed by atoms with Crippen LogP contribution in [0, 0.1) is 6.92 Å². The van der Waals surface area contributed by atoms with Crippen molar-refractivity contribution in [2.75, 3.05) is 0 Å². The van der Waals surface area contributed by atoms with Gasteiger partial charge in [-0.3, -0.25) is 0 Å². The normalized spacial score (nSPS) is 12.1. The molecule has 122 valence electrons. The van der Waals surface area contributed by atoms with E-state index in [-0.39, 0.29) is 4.34 Å². The number of para-hydroxylation sites is 1. The van der Waals surface area contributed by atoms with Crippen LogP contribution >= 0.6 is 11.3 Å². The van der Waals surface area contributed by atoms with Gasteiger partial charge in [-0.15, -0.1) is 5.10 Å². The van der Waals surface area contributed by atoms with Gasteiger partial charge in [-0.05, 0) is 19.1 Å². The number of nitrogens with two attached hydrogens (primary N) is 1. The molecule has 0 aliphatic carbocycles. The molecule has 0 aliphatic rings. The Balaban J connectivity index is 1.87. The van der Waals surface area contributed by atoms with Crippen molar-refractivity contribution in [3.05, 3.63) is 48.4 Å². The van der Waals surface area contributed by atoms with E-state index in [1.165, 1.54) is 4.52 Å². The zero-order chi connectivity index (χ0) is 16.9. The van der Waals surface area contributed by atoms with Crippen molar-refractivity contribution in [3.63, 3.8) is 0 Å². The Kier molecular flexibility index (Phi) is 3.27. The molecule has 3 aromatic heterocycles. The highest BCUT2D eigenvalue weighted by Crippen LogP contribution is 2.28. The van der Waals surface area contributed by atoms with Crippen molar-refractivity contribution in [1.29, 1.82) is 0 Å². The number of imidazole rings is 1. The summed E-state index contributed by atoms with van der Waals surface area (Å²) in [6.07, 6.45) is 3.35. The number of nitrogens with zero attached hydrogens (tertiary/aromatic N) is 5. The molecule has 24 heavy (non-hydrogen) atoms. The first kappa shape index (κ1) is 15.0. The Morgan fingerprint density at radius 3 is 2.62 bits per heavy atom. The van der Waals surface area contributed by atoms with E-state index in [0.29, 0.717) is 10.7 Å². The molecule has 0 amide bonds. The van der Waals surface area contributed by atoms with Gasteiger partial charge in [-0.1, -0.05) is 29.5 Å². The van der Waals surface area contributed by atoms with Gasteiger partial charge in [0.25, 0.3) is 10.0 Å². The van der Waals surface area contributed by atoms with Crippen LogP contribution in [0.2, 0.25) is 0 Å². The van der Waals surface area contributed by atoms with Crippen LogP contribution in [0.3, 0.4) is 0 Å². The quantitative estimate of drug-likeness (QED) is 0.597. The van der Waals surface area contributed by atoms with E-state index in [4.69, 9.17) is 5.14 Å². The third-order valence-corrected chi connectivity index (χ3v) is 5.83. The summed E-state index contributed by atoms with van der Waals surface area (Å²) in [6, 6.07) is 9.72. The number of rotatable bonds is 3. The summed E-state index contributed by atoms with van der Waals surface area (Å²) in [7, 11) is -3.86. The van der Waals surface area contributed by atoms with Crippen molar-refractivity contribution in [2.24, 2.45) is 5.14 Å². The maximum atomic E-state index is 11.5. The summed E-state index contributed by atoms with van der Waals surface area (Å²) in [5.74, 6) is 0. The summed E-state index contributed by atoms with van der Waals surface area (Å²) < 4.78 is 26.1. The maximum absolute atomic E-state index is 11.5. The molecular formula is C14H12N6O2S2. The number of hydrogen-bond donors (Lipinski definition) is 1. The summed E-state index contributed by atoms with van der Waals surface area (Å²) in [5, 5.41) is 13.6. The van der Waals surface area contributed by atoms with Gasteiger partial charge >= 0.3 is 0 Å². The lowest BCUT2D eigenvalue weighted by Crippen LogP contribution is -2.12. The van der Waals surface area contributed by atoms with E-state index >= 15 is 0 Å². The third kappa shape index (κ3) is 2.31. The van der Waals surface area contributed by atoms with Gasteiger partial charge in [-0.2, -0.15) is 5.10 Å². The molecule has 0 fully saturated rings. The Hall–Kier alpha value is -2.56. The number of aromatic nitrogens is 5. The van der Waals surface area contributed by atoms with Crippen LogP contribution in [0.5, 0.6) is 0 Å². The molecule has 4 rings (SSSR count). The second-order valence-electron chi connectivity index (χ2n) is 5.14. The Bertz CT molecular complexity index is 1140. The molecule has 1 aromatic carbocycles. The lowest BCUT2D eigenvalue weighted by Gasteiger charge is -2.04. The van der Waals surface area contributed by atoms with Crippen LogP contribution in [0.4, 0.5) is 0 Å². The van der Waals surface area contributed by atoms with E-state index in [9.17, 15) is 8.42 Å². The predicted octanol–water partition coefficient (Wildman–Crippen LogP) is 1.60. The molecule has 0 atom stereocenters. The minimum Gasteiger partial charge on any atom is -0.237 e. The lowest BCUT2D eigenvalue weighted by atomic mass is 10.2. The van der Waals surface area contributed by atoms with Crippen molar-refractivity contribution in [1.82, 2.24) is 24.4 Å². The van der Waals surface area contributed by atoms with Crippen molar-refractivity contribution in [2.45, 2.75) is 11.3 Å². The SMILES string of the molecule is Cc1c(-c2cnc3sc(S(N)(=O)=O)nn23)cnn1-c1ccccc1. The fraction of sp³-hybridized carbons (Fsp3) is 0.0714. The fourth-order valence-corrected chi connectivity index (χ4v) is 3.96. The van der Waals surface area contributed by atoms with Gasteiger partial charge in [0.05, 0.1) is 29.5 Å². The summed E-state index contributed by atoms with van der Waals surface area (Å²) >= 11 is 0.929. The highest BCUT2D eigenvalue weighted by Gasteiger charge is 2.20. The van der Waals surface area contributed by atoms with E-state index in [0.717, 1.165) is 28.3 Å². The average Bonchev–Trinajstić information content (AvgIpc) is 3.21. The molecule has 0 radical (unpaired) electrons. The zero-order valence-electron chi connectivity index (χ0n) is 12.5. The van der Waals surface area contributed by atoms with Crippen LogP contribution in [-0.4, -0.2) is 32.8 Å². The number of sulfonamides is 1. The molecule has 2 N–H and O–H groups in total. The summed E-state index contributed by atoms with van der Waals surface area (Å²) in [5.41, 5.74) is 3.31. The van der Waals surface area contributed by atoms with Gasteiger partial charge in [0.2, 0.25) is 9.30 Å². The number of fused-ring (bicyclic) bond motifs is 1. The third-order valence-electron chi connectivity index (χ3n) is 3.60. The zero-order valence-corrected chi connectivity index (χ0v) is 14.1. The molecule has 3 heterocycles. The Labute approximate surface area is 141 Å². The molecule has 0 spiro atoms. The smallest absolute Gasteiger partial charge is 0.237 e. The molecule has 8 nitrogen and oxygen atoms in total. The number of hydrogen-bond acceptors (Lipinski definition) is 6. The Morgan fingerprint density at radius 1 is 1.17 bits per heavy atom. The van der Waals surface area contributed by atoms with E-state index in [1.54, 1.807) is 12.4 Å². The number of benzene rings is 1. The highest BCUT2D eigenvalue weighted by atomic mass is 32.2.